The van der Waals surface area contributed by atoms with Gasteiger partial charge in [-0.2, -0.15) is 0 Å². The Morgan fingerprint density at radius 3 is 2.59 bits per heavy atom. The van der Waals surface area contributed by atoms with E-state index in [2.05, 4.69) is 17.6 Å². The van der Waals surface area contributed by atoms with Crippen LogP contribution in [0.25, 0.3) is 0 Å². The van der Waals surface area contributed by atoms with E-state index in [0.29, 0.717) is 12.5 Å². The Labute approximate surface area is 104 Å². The number of carbonyl (C=O) groups is 1. The van der Waals surface area contributed by atoms with Crippen LogP contribution in [0, 0.1) is 0 Å². The fourth-order valence-electron chi connectivity index (χ4n) is 2.12. The Hall–Kier alpha value is -0.610. The molecule has 1 atom stereocenters. The van der Waals surface area contributed by atoms with Crippen molar-refractivity contribution in [2.24, 2.45) is 0 Å². The van der Waals surface area contributed by atoms with Crippen molar-refractivity contribution in [3.63, 3.8) is 0 Å². The first kappa shape index (κ1) is 14.5. The summed E-state index contributed by atoms with van der Waals surface area (Å²) in [5.41, 5.74) is 0. The third-order valence-corrected chi connectivity index (χ3v) is 3.50. The highest BCUT2D eigenvalue weighted by Gasteiger charge is 2.18. The molecule has 1 saturated carbocycles. The molecule has 17 heavy (non-hydrogen) atoms. The number of aliphatic hydroxyl groups excluding tert-OH is 1. The first-order valence-corrected chi connectivity index (χ1v) is 6.82. The summed E-state index contributed by atoms with van der Waals surface area (Å²) in [4.78, 5) is 11.5. The molecular formula is C13H26N2O2. The quantitative estimate of drug-likeness (QED) is 0.655. The number of carbonyl (C=O) groups excluding carboxylic acids is 1. The lowest BCUT2D eigenvalue weighted by molar-refractivity contribution is -0.121. The van der Waals surface area contributed by atoms with E-state index in [9.17, 15) is 9.90 Å². The largest absolute Gasteiger partial charge is 0.393 e. The van der Waals surface area contributed by atoms with E-state index in [1.54, 1.807) is 0 Å². The topological polar surface area (TPSA) is 61.4 Å². The van der Waals surface area contributed by atoms with Gasteiger partial charge < -0.3 is 15.7 Å². The minimum atomic E-state index is -0.109. The predicted octanol–water partition coefficient (Wildman–Crippen LogP) is 1.18. The second-order valence-electron chi connectivity index (χ2n) is 5.09. The van der Waals surface area contributed by atoms with E-state index < -0.39 is 0 Å². The Morgan fingerprint density at radius 1 is 1.35 bits per heavy atom. The number of rotatable bonds is 6. The molecule has 0 aromatic rings. The highest BCUT2D eigenvalue weighted by atomic mass is 16.3. The number of nitrogens with one attached hydrogen (secondary N) is 2. The number of amides is 1. The van der Waals surface area contributed by atoms with E-state index in [4.69, 9.17) is 0 Å². The normalized spacial score (nSPS) is 26.5. The molecular weight excluding hydrogens is 216 g/mol. The van der Waals surface area contributed by atoms with Gasteiger partial charge in [-0.1, -0.05) is 6.92 Å². The van der Waals surface area contributed by atoms with E-state index in [-0.39, 0.29) is 18.1 Å². The Kier molecular flexibility index (Phi) is 6.52. The fourth-order valence-corrected chi connectivity index (χ4v) is 2.12. The molecule has 0 saturated heterocycles. The van der Waals surface area contributed by atoms with E-state index >= 15 is 0 Å². The van der Waals surface area contributed by atoms with Crippen molar-refractivity contribution >= 4 is 5.91 Å². The summed E-state index contributed by atoms with van der Waals surface area (Å²) in [5, 5.41) is 15.7. The molecule has 4 nitrogen and oxygen atoms in total. The second-order valence-corrected chi connectivity index (χ2v) is 5.09. The van der Waals surface area contributed by atoms with Gasteiger partial charge in [0.05, 0.1) is 6.10 Å². The minimum absolute atomic E-state index is 0.109. The van der Waals surface area contributed by atoms with E-state index in [0.717, 1.165) is 38.6 Å². The molecule has 0 aromatic carbocycles. The summed E-state index contributed by atoms with van der Waals surface area (Å²) in [5.74, 6) is 0.127. The predicted molar refractivity (Wildman–Crippen MR) is 68.8 cm³/mol. The van der Waals surface area contributed by atoms with Gasteiger partial charge in [0.15, 0.2) is 0 Å². The highest BCUT2D eigenvalue weighted by molar-refractivity contribution is 5.76. The molecule has 3 N–H and O–H groups in total. The zero-order chi connectivity index (χ0) is 12.7. The van der Waals surface area contributed by atoms with Crippen LogP contribution in [0.2, 0.25) is 0 Å². The van der Waals surface area contributed by atoms with Crippen LogP contribution in [0.1, 0.15) is 52.4 Å². The molecule has 1 unspecified atom stereocenters. The number of hydrogen-bond donors (Lipinski definition) is 3. The smallest absolute Gasteiger partial charge is 0.221 e. The summed E-state index contributed by atoms with van der Waals surface area (Å²) in [7, 11) is 0. The van der Waals surface area contributed by atoms with Crippen molar-refractivity contribution in [3.05, 3.63) is 0 Å². The summed E-state index contributed by atoms with van der Waals surface area (Å²) in [6.45, 7) is 4.83. The zero-order valence-corrected chi connectivity index (χ0v) is 11.0. The lowest BCUT2D eigenvalue weighted by Crippen LogP contribution is -2.38. The first-order valence-electron chi connectivity index (χ1n) is 6.82. The molecule has 1 fully saturated rings. The van der Waals surface area contributed by atoms with Gasteiger partial charge in [0.2, 0.25) is 5.91 Å². The van der Waals surface area contributed by atoms with Gasteiger partial charge in [-0.05, 0) is 39.0 Å². The molecule has 0 heterocycles. The Balaban J connectivity index is 2.05. The van der Waals surface area contributed by atoms with Crippen molar-refractivity contribution in [2.45, 2.75) is 70.6 Å². The van der Waals surface area contributed by atoms with Crippen LogP contribution in [0.5, 0.6) is 0 Å². The molecule has 0 spiro atoms. The fraction of sp³-hybridized carbons (Fsp3) is 0.923. The summed E-state index contributed by atoms with van der Waals surface area (Å²) >= 11 is 0. The third kappa shape index (κ3) is 6.03. The van der Waals surface area contributed by atoms with Crippen LogP contribution in [-0.4, -0.2) is 35.7 Å². The van der Waals surface area contributed by atoms with Crippen LogP contribution < -0.4 is 10.6 Å². The third-order valence-electron chi connectivity index (χ3n) is 3.50. The monoisotopic (exact) mass is 242 g/mol. The minimum Gasteiger partial charge on any atom is -0.393 e. The SMILES string of the molecule is CCC(C)NC(=O)CCNC1CCC(O)CC1. The van der Waals surface area contributed by atoms with Crippen LogP contribution in [0.4, 0.5) is 0 Å². The van der Waals surface area contributed by atoms with Crippen molar-refractivity contribution in [1.82, 2.24) is 10.6 Å². The molecule has 1 aliphatic carbocycles. The maximum atomic E-state index is 11.5. The molecule has 0 bridgehead atoms. The summed E-state index contributed by atoms with van der Waals surface area (Å²) in [6, 6.07) is 0.752. The van der Waals surface area contributed by atoms with Crippen LogP contribution >= 0.6 is 0 Å². The van der Waals surface area contributed by atoms with Gasteiger partial charge in [-0.25, -0.2) is 0 Å². The Bertz CT molecular complexity index is 225. The van der Waals surface area contributed by atoms with Gasteiger partial charge in [-0.15, -0.1) is 0 Å². The van der Waals surface area contributed by atoms with Crippen molar-refractivity contribution < 1.29 is 9.90 Å². The lowest BCUT2D eigenvalue weighted by Gasteiger charge is -2.26. The highest BCUT2D eigenvalue weighted by Crippen LogP contribution is 2.17. The molecule has 1 aliphatic rings. The lowest BCUT2D eigenvalue weighted by atomic mass is 9.93. The van der Waals surface area contributed by atoms with E-state index in [1.807, 2.05) is 6.92 Å². The average Bonchev–Trinajstić information content (AvgIpc) is 2.31. The molecule has 100 valence electrons. The number of aliphatic hydroxyl groups is 1. The van der Waals surface area contributed by atoms with Crippen LogP contribution in [-0.2, 0) is 4.79 Å². The van der Waals surface area contributed by atoms with Gasteiger partial charge in [0.25, 0.3) is 0 Å². The Morgan fingerprint density at radius 2 is 2.00 bits per heavy atom. The maximum absolute atomic E-state index is 11.5. The zero-order valence-electron chi connectivity index (χ0n) is 11.0. The second kappa shape index (κ2) is 7.67. The van der Waals surface area contributed by atoms with Crippen LogP contribution in [0.3, 0.4) is 0 Å². The van der Waals surface area contributed by atoms with Gasteiger partial charge in [-0.3, -0.25) is 4.79 Å². The average molecular weight is 242 g/mol. The maximum Gasteiger partial charge on any atom is 0.221 e. The molecule has 0 aliphatic heterocycles. The summed E-state index contributed by atoms with van der Waals surface area (Å²) in [6.07, 6.45) is 5.22. The van der Waals surface area contributed by atoms with Crippen molar-refractivity contribution in [2.75, 3.05) is 6.54 Å². The first-order chi connectivity index (χ1) is 8.11. The standard InChI is InChI=1S/C13H26N2O2/c1-3-10(2)15-13(17)8-9-14-11-4-6-12(16)7-5-11/h10-12,14,16H,3-9H2,1-2H3,(H,15,17). The number of hydrogen-bond acceptors (Lipinski definition) is 3. The van der Waals surface area contributed by atoms with Crippen LogP contribution in [0.15, 0.2) is 0 Å². The molecule has 4 heteroatoms. The van der Waals surface area contributed by atoms with E-state index in [1.165, 1.54) is 0 Å². The van der Waals surface area contributed by atoms with Gasteiger partial charge >= 0.3 is 0 Å². The van der Waals surface area contributed by atoms with Crippen molar-refractivity contribution in [1.29, 1.82) is 0 Å². The van der Waals surface area contributed by atoms with Gasteiger partial charge in [0.1, 0.15) is 0 Å². The molecule has 1 amide bonds. The molecule has 0 aromatic heterocycles. The molecule has 1 rings (SSSR count). The van der Waals surface area contributed by atoms with Crippen molar-refractivity contribution in [3.8, 4) is 0 Å². The molecule has 0 radical (unpaired) electrons. The van der Waals surface area contributed by atoms with Gasteiger partial charge in [0, 0.05) is 25.0 Å². The summed E-state index contributed by atoms with van der Waals surface area (Å²) < 4.78 is 0.